The van der Waals surface area contributed by atoms with Crippen molar-refractivity contribution in [2.45, 2.75) is 19.8 Å². The fourth-order valence-electron chi connectivity index (χ4n) is 2.00. The van der Waals surface area contributed by atoms with Crippen molar-refractivity contribution in [1.29, 1.82) is 0 Å². The van der Waals surface area contributed by atoms with Gasteiger partial charge in [-0.25, -0.2) is 4.79 Å². The van der Waals surface area contributed by atoms with Crippen LogP contribution in [-0.4, -0.2) is 54.9 Å². The molecule has 0 bridgehead atoms. The molecule has 1 aliphatic rings. The molecule has 0 aromatic heterocycles. The number of likely N-dealkylation sites (tertiary alicyclic amines) is 1. The van der Waals surface area contributed by atoms with Gasteiger partial charge in [-0.05, 0) is 32.2 Å². The van der Waals surface area contributed by atoms with E-state index < -0.39 is 6.09 Å². The SMILES string of the molecule is CCOC(=O)NC(=O)CN1CCC(CCO)C1. The first kappa shape index (κ1) is 13.9. The van der Waals surface area contributed by atoms with Gasteiger partial charge in [-0.2, -0.15) is 0 Å². The largest absolute Gasteiger partial charge is 0.450 e. The summed E-state index contributed by atoms with van der Waals surface area (Å²) in [4.78, 5) is 24.4. The highest BCUT2D eigenvalue weighted by atomic mass is 16.5. The molecule has 1 atom stereocenters. The number of imide groups is 1. The van der Waals surface area contributed by atoms with Gasteiger partial charge in [0.2, 0.25) is 5.91 Å². The summed E-state index contributed by atoms with van der Waals surface area (Å²) < 4.78 is 4.61. The van der Waals surface area contributed by atoms with E-state index in [-0.39, 0.29) is 25.7 Å². The van der Waals surface area contributed by atoms with Gasteiger partial charge in [0.15, 0.2) is 0 Å². The Morgan fingerprint density at radius 1 is 1.53 bits per heavy atom. The van der Waals surface area contributed by atoms with Crippen LogP contribution in [0.25, 0.3) is 0 Å². The van der Waals surface area contributed by atoms with Gasteiger partial charge in [-0.3, -0.25) is 15.0 Å². The predicted octanol–water partition coefficient (Wildman–Crippen LogP) is -0.0366. The van der Waals surface area contributed by atoms with E-state index in [1.54, 1.807) is 6.92 Å². The molecule has 98 valence electrons. The fourth-order valence-corrected chi connectivity index (χ4v) is 2.00. The molecule has 2 amide bonds. The van der Waals surface area contributed by atoms with Crippen molar-refractivity contribution >= 4 is 12.0 Å². The molecule has 0 aliphatic carbocycles. The van der Waals surface area contributed by atoms with Crippen molar-refractivity contribution in [1.82, 2.24) is 10.2 Å². The van der Waals surface area contributed by atoms with Gasteiger partial charge in [0.1, 0.15) is 0 Å². The van der Waals surface area contributed by atoms with Crippen molar-refractivity contribution in [2.75, 3.05) is 32.8 Å². The Bertz CT molecular complexity index is 270. The number of carbonyl (C=O) groups excluding carboxylic acids is 2. The molecule has 1 aliphatic heterocycles. The van der Waals surface area contributed by atoms with Gasteiger partial charge in [0.05, 0.1) is 13.2 Å². The van der Waals surface area contributed by atoms with Gasteiger partial charge in [0, 0.05) is 13.2 Å². The lowest BCUT2D eigenvalue weighted by atomic mass is 10.1. The number of hydrogen-bond acceptors (Lipinski definition) is 5. The zero-order valence-electron chi connectivity index (χ0n) is 10.1. The Morgan fingerprint density at radius 3 is 2.94 bits per heavy atom. The maximum absolute atomic E-state index is 11.4. The first-order valence-electron chi connectivity index (χ1n) is 5.95. The van der Waals surface area contributed by atoms with Crippen LogP contribution in [0.15, 0.2) is 0 Å². The van der Waals surface area contributed by atoms with Crippen LogP contribution in [0.1, 0.15) is 19.8 Å². The lowest BCUT2D eigenvalue weighted by Gasteiger charge is -2.14. The van der Waals surface area contributed by atoms with Gasteiger partial charge in [-0.1, -0.05) is 0 Å². The summed E-state index contributed by atoms with van der Waals surface area (Å²) in [6.07, 6.45) is 1.08. The lowest BCUT2D eigenvalue weighted by molar-refractivity contribution is -0.121. The summed E-state index contributed by atoms with van der Waals surface area (Å²) >= 11 is 0. The Morgan fingerprint density at radius 2 is 2.29 bits per heavy atom. The topological polar surface area (TPSA) is 78.9 Å². The van der Waals surface area contributed by atoms with E-state index in [9.17, 15) is 9.59 Å². The van der Waals surface area contributed by atoms with E-state index in [4.69, 9.17) is 5.11 Å². The van der Waals surface area contributed by atoms with Crippen molar-refractivity contribution in [3.05, 3.63) is 0 Å². The molecule has 17 heavy (non-hydrogen) atoms. The monoisotopic (exact) mass is 244 g/mol. The number of rotatable bonds is 5. The average molecular weight is 244 g/mol. The molecular weight excluding hydrogens is 224 g/mol. The third-order valence-corrected chi connectivity index (χ3v) is 2.79. The molecule has 1 unspecified atom stereocenters. The summed E-state index contributed by atoms with van der Waals surface area (Å²) in [6, 6.07) is 0. The Hall–Kier alpha value is -1.14. The maximum atomic E-state index is 11.4. The van der Waals surface area contributed by atoms with Gasteiger partial charge in [0.25, 0.3) is 0 Å². The standard InChI is InChI=1S/C11H20N2O4/c1-2-17-11(16)12-10(15)8-13-5-3-9(7-13)4-6-14/h9,14H,2-8H2,1H3,(H,12,15,16). The van der Waals surface area contributed by atoms with Gasteiger partial charge < -0.3 is 9.84 Å². The molecule has 0 aromatic carbocycles. The highest BCUT2D eigenvalue weighted by Crippen LogP contribution is 2.18. The highest BCUT2D eigenvalue weighted by Gasteiger charge is 2.24. The number of aliphatic hydroxyl groups is 1. The first-order chi connectivity index (χ1) is 8.15. The van der Waals surface area contributed by atoms with Crippen molar-refractivity contribution in [3.8, 4) is 0 Å². The van der Waals surface area contributed by atoms with Gasteiger partial charge >= 0.3 is 6.09 Å². The number of aliphatic hydroxyl groups excluding tert-OH is 1. The van der Waals surface area contributed by atoms with E-state index >= 15 is 0 Å². The fraction of sp³-hybridized carbons (Fsp3) is 0.818. The smallest absolute Gasteiger partial charge is 0.413 e. The van der Waals surface area contributed by atoms with Crippen molar-refractivity contribution in [3.63, 3.8) is 0 Å². The zero-order valence-corrected chi connectivity index (χ0v) is 10.1. The second kappa shape index (κ2) is 7.24. The molecule has 0 radical (unpaired) electrons. The third-order valence-electron chi connectivity index (χ3n) is 2.79. The Kier molecular flexibility index (Phi) is 5.93. The normalized spacial score (nSPS) is 20.2. The molecule has 0 saturated carbocycles. The maximum Gasteiger partial charge on any atom is 0.413 e. The summed E-state index contributed by atoms with van der Waals surface area (Å²) in [5.41, 5.74) is 0. The molecule has 6 nitrogen and oxygen atoms in total. The summed E-state index contributed by atoms with van der Waals surface area (Å²) in [5.74, 6) is 0.114. The molecule has 1 fully saturated rings. The van der Waals surface area contributed by atoms with Crippen LogP contribution in [0.2, 0.25) is 0 Å². The minimum atomic E-state index is -0.691. The molecule has 6 heteroatoms. The van der Waals surface area contributed by atoms with E-state index in [1.165, 1.54) is 0 Å². The lowest BCUT2D eigenvalue weighted by Crippen LogP contribution is -2.39. The quantitative estimate of drug-likeness (QED) is 0.709. The van der Waals surface area contributed by atoms with Crippen LogP contribution in [0.5, 0.6) is 0 Å². The van der Waals surface area contributed by atoms with E-state index in [0.717, 1.165) is 25.9 Å². The number of nitrogens with one attached hydrogen (secondary N) is 1. The van der Waals surface area contributed by atoms with Crippen LogP contribution < -0.4 is 5.32 Å². The molecule has 0 aromatic rings. The molecule has 2 N–H and O–H groups in total. The molecule has 1 heterocycles. The Labute approximate surface area is 101 Å². The van der Waals surface area contributed by atoms with Crippen LogP contribution in [-0.2, 0) is 9.53 Å². The molecule has 1 rings (SSSR count). The second-order valence-corrected chi connectivity index (χ2v) is 4.17. The summed E-state index contributed by atoms with van der Waals surface area (Å²) in [7, 11) is 0. The highest BCUT2D eigenvalue weighted by molar-refractivity contribution is 5.92. The van der Waals surface area contributed by atoms with Crippen LogP contribution in [0, 0.1) is 5.92 Å². The third kappa shape index (κ3) is 5.14. The minimum Gasteiger partial charge on any atom is -0.450 e. The number of nitrogens with zero attached hydrogens (tertiary/aromatic N) is 1. The molecule has 0 spiro atoms. The first-order valence-corrected chi connectivity index (χ1v) is 5.95. The van der Waals surface area contributed by atoms with Crippen LogP contribution in [0.3, 0.4) is 0 Å². The number of carbonyl (C=O) groups is 2. The average Bonchev–Trinajstić information content (AvgIpc) is 2.66. The van der Waals surface area contributed by atoms with E-state index in [2.05, 4.69) is 10.1 Å². The number of alkyl carbamates (subject to hydrolysis) is 1. The summed E-state index contributed by atoms with van der Waals surface area (Å²) in [5, 5.41) is 11.0. The summed E-state index contributed by atoms with van der Waals surface area (Å²) in [6.45, 7) is 3.97. The predicted molar refractivity (Wildman–Crippen MR) is 61.4 cm³/mol. The number of amides is 2. The van der Waals surface area contributed by atoms with E-state index in [0.29, 0.717) is 5.92 Å². The Balaban J connectivity index is 2.21. The molecule has 1 saturated heterocycles. The van der Waals surface area contributed by atoms with Crippen molar-refractivity contribution in [2.24, 2.45) is 5.92 Å². The molecular formula is C11H20N2O4. The number of hydrogen-bond donors (Lipinski definition) is 2. The van der Waals surface area contributed by atoms with Crippen molar-refractivity contribution < 1.29 is 19.4 Å². The second-order valence-electron chi connectivity index (χ2n) is 4.17. The van der Waals surface area contributed by atoms with Crippen LogP contribution >= 0.6 is 0 Å². The van der Waals surface area contributed by atoms with Crippen LogP contribution in [0.4, 0.5) is 4.79 Å². The zero-order chi connectivity index (χ0) is 12.7. The van der Waals surface area contributed by atoms with E-state index in [1.807, 2.05) is 4.90 Å². The van der Waals surface area contributed by atoms with Gasteiger partial charge in [-0.15, -0.1) is 0 Å². The number of ether oxygens (including phenoxy) is 1. The minimum absolute atomic E-state index is 0.188.